The summed E-state index contributed by atoms with van der Waals surface area (Å²) in [5, 5.41) is 9.17. The fourth-order valence-electron chi connectivity index (χ4n) is 2.24. The number of hydrogen-bond acceptors (Lipinski definition) is 5. The van der Waals surface area contributed by atoms with Crippen molar-refractivity contribution in [2.24, 2.45) is 0 Å². The van der Waals surface area contributed by atoms with Gasteiger partial charge in [-0.3, -0.25) is 4.79 Å². The van der Waals surface area contributed by atoms with E-state index in [2.05, 4.69) is 15.9 Å². The van der Waals surface area contributed by atoms with Crippen LogP contribution in [0.1, 0.15) is 10.4 Å². The van der Waals surface area contributed by atoms with Gasteiger partial charge in [0, 0.05) is 13.1 Å². The molecule has 6 nitrogen and oxygen atoms in total. The van der Waals surface area contributed by atoms with Gasteiger partial charge < -0.3 is 24.2 Å². The van der Waals surface area contributed by atoms with Gasteiger partial charge in [0.15, 0.2) is 0 Å². The Morgan fingerprint density at radius 1 is 1.48 bits per heavy atom. The number of amides is 1. The van der Waals surface area contributed by atoms with Gasteiger partial charge >= 0.3 is 0 Å². The van der Waals surface area contributed by atoms with Crippen LogP contribution < -0.4 is 9.47 Å². The number of benzene rings is 1. The average Bonchev–Trinajstić information content (AvgIpc) is 2.53. The predicted octanol–water partition coefficient (Wildman–Crippen LogP) is 1.30. The number of hydrogen-bond donors (Lipinski definition) is 1. The quantitative estimate of drug-likeness (QED) is 0.877. The predicted molar refractivity (Wildman–Crippen MR) is 80.0 cm³/mol. The maximum Gasteiger partial charge on any atom is 0.257 e. The Morgan fingerprint density at radius 3 is 2.86 bits per heavy atom. The molecular formula is C14H18BrNO5. The number of aliphatic hydroxyl groups excluding tert-OH is 1. The number of morpholine rings is 1. The molecule has 1 aliphatic rings. The van der Waals surface area contributed by atoms with E-state index in [1.54, 1.807) is 24.1 Å². The lowest BCUT2D eigenvalue weighted by Crippen LogP contribution is -2.47. The molecule has 1 atom stereocenters. The smallest absolute Gasteiger partial charge is 0.257 e. The fraction of sp³-hybridized carbons (Fsp3) is 0.500. The summed E-state index contributed by atoms with van der Waals surface area (Å²) < 4.78 is 16.5. The van der Waals surface area contributed by atoms with Crippen molar-refractivity contribution in [3.63, 3.8) is 0 Å². The molecule has 1 aromatic carbocycles. The van der Waals surface area contributed by atoms with Gasteiger partial charge in [-0.05, 0) is 28.1 Å². The second-order valence-corrected chi connectivity index (χ2v) is 5.47. The van der Waals surface area contributed by atoms with E-state index >= 15 is 0 Å². The number of ether oxygens (including phenoxy) is 3. The molecule has 0 bridgehead atoms. The average molecular weight is 360 g/mol. The summed E-state index contributed by atoms with van der Waals surface area (Å²) in [6.07, 6.45) is -0.345. The van der Waals surface area contributed by atoms with Gasteiger partial charge in [0.2, 0.25) is 0 Å². The Balaban J connectivity index is 2.31. The van der Waals surface area contributed by atoms with Crippen LogP contribution in [0.5, 0.6) is 11.5 Å². The van der Waals surface area contributed by atoms with Gasteiger partial charge in [0.05, 0.1) is 43.6 Å². The van der Waals surface area contributed by atoms with E-state index in [1.165, 1.54) is 7.11 Å². The van der Waals surface area contributed by atoms with Crippen molar-refractivity contribution >= 4 is 21.8 Å². The van der Waals surface area contributed by atoms with Crippen LogP contribution in [-0.4, -0.2) is 62.5 Å². The summed E-state index contributed by atoms with van der Waals surface area (Å²) in [6.45, 7) is 1.13. The van der Waals surface area contributed by atoms with Crippen LogP contribution >= 0.6 is 15.9 Å². The van der Waals surface area contributed by atoms with Crippen molar-refractivity contribution in [1.82, 2.24) is 4.90 Å². The molecule has 1 aromatic rings. The molecule has 0 aliphatic carbocycles. The minimum atomic E-state index is -0.345. The zero-order chi connectivity index (χ0) is 15.4. The lowest BCUT2D eigenvalue weighted by atomic mass is 10.1. The van der Waals surface area contributed by atoms with Crippen LogP contribution in [0.25, 0.3) is 0 Å². The molecular weight excluding hydrogens is 342 g/mol. The first-order valence-corrected chi connectivity index (χ1v) is 7.33. The molecule has 1 fully saturated rings. The highest BCUT2D eigenvalue weighted by Gasteiger charge is 2.27. The molecule has 1 heterocycles. The van der Waals surface area contributed by atoms with E-state index in [4.69, 9.17) is 14.2 Å². The Kier molecular flexibility index (Phi) is 5.44. The van der Waals surface area contributed by atoms with Crippen molar-refractivity contribution in [2.75, 3.05) is 40.5 Å². The molecule has 21 heavy (non-hydrogen) atoms. The van der Waals surface area contributed by atoms with E-state index in [-0.39, 0.29) is 18.6 Å². The first-order valence-electron chi connectivity index (χ1n) is 6.54. The Bertz CT molecular complexity index is 522. The fourth-order valence-corrected chi connectivity index (χ4v) is 2.84. The van der Waals surface area contributed by atoms with E-state index in [1.807, 2.05) is 0 Å². The first kappa shape index (κ1) is 16.1. The second-order valence-electron chi connectivity index (χ2n) is 4.62. The molecule has 2 rings (SSSR count). The minimum Gasteiger partial charge on any atom is -0.497 e. The summed E-state index contributed by atoms with van der Waals surface area (Å²) >= 11 is 3.38. The Labute approximate surface area is 131 Å². The van der Waals surface area contributed by atoms with Crippen molar-refractivity contribution < 1.29 is 24.1 Å². The molecule has 0 aromatic heterocycles. The molecule has 1 amide bonds. The zero-order valence-corrected chi connectivity index (χ0v) is 13.6. The normalized spacial score (nSPS) is 18.5. The Hall–Kier alpha value is -1.31. The highest BCUT2D eigenvalue weighted by molar-refractivity contribution is 9.10. The van der Waals surface area contributed by atoms with Gasteiger partial charge in [-0.1, -0.05) is 0 Å². The van der Waals surface area contributed by atoms with E-state index in [9.17, 15) is 9.90 Å². The number of nitrogens with zero attached hydrogens (tertiary/aromatic N) is 1. The van der Waals surface area contributed by atoms with Crippen molar-refractivity contribution in [3.05, 3.63) is 22.2 Å². The molecule has 116 valence electrons. The summed E-state index contributed by atoms with van der Waals surface area (Å²) in [7, 11) is 3.05. The second kappa shape index (κ2) is 7.11. The number of halogens is 1. The van der Waals surface area contributed by atoms with Crippen LogP contribution in [0.4, 0.5) is 0 Å². The van der Waals surface area contributed by atoms with Crippen molar-refractivity contribution in [3.8, 4) is 11.5 Å². The van der Waals surface area contributed by atoms with Gasteiger partial charge in [-0.15, -0.1) is 0 Å². The van der Waals surface area contributed by atoms with E-state index < -0.39 is 0 Å². The summed E-state index contributed by atoms with van der Waals surface area (Å²) in [5.74, 6) is 0.860. The van der Waals surface area contributed by atoms with Gasteiger partial charge in [0.25, 0.3) is 5.91 Å². The molecule has 0 spiro atoms. The standard InChI is InChI=1S/C14H18BrNO5/c1-19-9-5-11(13(20-2)12(15)6-9)14(18)16-3-4-21-10(7-16)8-17/h5-6,10,17H,3-4,7-8H2,1-2H3. The number of rotatable bonds is 4. The number of aliphatic hydroxyl groups is 1. The van der Waals surface area contributed by atoms with Gasteiger partial charge in [-0.2, -0.15) is 0 Å². The molecule has 7 heteroatoms. The summed E-state index contributed by atoms with van der Waals surface area (Å²) in [6, 6.07) is 3.39. The summed E-state index contributed by atoms with van der Waals surface area (Å²) in [5.41, 5.74) is 0.419. The SMILES string of the molecule is COc1cc(Br)c(OC)c(C(=O)N2CCOC(CO)C2)c1. The van der Waals surface area contributed by atoms with Gasteiger partial charge in [0.1, 0.15) is 11.5 Å². The molecule has 1 saturated heterocycles. The van der Waals surface area contributed by atoms with Crippen molar-refractivity contribution in [2.45, 2.75) is 6.10 Å². The van der Waals surface area contributed by atoms with Gasteiger partial charge in [-0.25, -0.2) is 0 Å². The number of carbonyl (C=O) groups excluding carboxylic acids is 1. The van der Waals surface area contributed by atoms with E-state index in [0.29, 0.717) is 41.2 Å². The van der Waals surface area contributed by atoms with Crippen LogP contribution in [0, 0.1) is 0 Å². The molecule has 1 unspecified atom stereocenters. The third-order valence-electron chi connectivity index (χ3n) is 3.32. The maximum absolute atomic E-state index is 12.7. The van der Waals surface area contributed by atoms with Crippen molar-refractivity contribution in [1.29, 1.82) is 0 Å². The van der Waals surface area contributed by atoms with Crippen LogP contribution in [-0.2, 0) is 4.74 Å². The van der Waals surface area contributed by atoms with Crippen LogP contribution in [0.15, 0.2) is 16.6 Å². The van der Waals surface area contributed by atoms with E-state index in [0.717, 1.165) is 0 Å². The topological polar surface area (TPSA) is 68.2 Å². The monoisotopic (exact) mass is 359 g/mol. The number of carbonyl (C=O) groups is 1. The molecule has 0 radical (unpaired) electrons. The maximum atomic E-state index is 12.7. The lowest BCUT2D eigenvalue weighted by Gasteiger charge is -2.32. The molecule has 0 saturated carbocycles. The summed E-state index contributed by atoms with van der Waals surface area (Å²) in [4.78, 5) is 14.3. The molecule has 1 N–H and O–H groups in total. The Morgan fingerprint density at radius 2 is 2.24 bits per heavy atom. The first-order chi connectivity index (χ1) is 10.1. The lowest BCUT2D eigenvalue weighted by molar-refractivity contribution is -0.0447. The number of methoxy groups -OCH3 is 2. The third-order valence-corrected chi connectivity index (χ3v) is 3.91. The minimum absolute atomic E-state index is 0.108. The zero-order valence-electron chi connectivity index (χ0n) is 12.0. The van der Waals surface area contributed by atoms with Crippen LogP contribution in [0.2, 0.25) is 0 Å². The largest absolute Gasteiger partial charge is 0.497 e. The van der Waals surface area contributed by atoms with Crippen LogP contribution in [0.3, 0.4) is 0 Å². The highest BCUT2D eigenvalue weighted by Crippen LogP contribution is 2.34. The molecule has 1 aliphatic heterocycles. The third kappa shape index (κ3) is 3.48. The highest BCUT2D eigenvalue weighted by atomic mass is 79.9.